The van der Waals surface area contributed by atoms with Crippen LogP contribution in [0.1, 0.15) is 52.9 Å². The van der Waals surface area contributed by atoms with Crippen molar-refractivity contribution in [2.75, 3.05) is 26.2 Å². The molecule has 1 saturated heterocycles. The Labute approximate surface area is 129 Å². The van der Waals surface area contributed by atoms with Crippen molar-refractivity contribution in [3.8, 4) is 0 Å². The van der Waals surface area contributed by atoms with Crippen molar-refractivity contribution in [2.45, 2.75) is 65.0 Å². The summed E-state index contributed by atoms with van der Waals surface area (Å²) in [6.45, 7) is 9.32. The van der Waals surface area contributed by atoms with Crippen LogP contribution in [0.3, 0.4) is 0 Å². The van der Waals surface area contributed by atoms with Gasteiger partial charge in [0.25, 0.3) is 0 Å². The van der Waals surface area contributed by atoms with Gasteiger partial charge in [0.2, 0.25) is 0 Å². The number of likely N-dealkylation sites (tertiary alicyclic amines) is 1. The highest BCUT2D eigenvalue weighted by atomic mass is 16.3. The predicted octanol–water partition coefficient (Wildman–Crippen LogP) is 1.96. The molecule has 0 spiro atoms. The molecular weight excluding hydrogens is 266 g/mol. The summed E-state index contributed by atoms with van der Waals surface area (Å²) in [6, 6.07) is 0.498. The molecule has 1 aliphatic rings. The molecule has 1 heterocycles. The molecule has 124 valence electrons. The first-order chi connectivity index (χ1) is 10.1. The Bertz CT molecular complexity index is 299. The summed E-state index contributed by atoms with van der Waals surface area (Å²) < 4.78 is 0. The lowest BCUT2D eigenvalue weighted by Crippen LogP contribution is -2.46. The minimum absolute atomic E-state index is 0.178. The van der Waals surface area contributed by atoms with Crippen LogP contribution >= 0.6 is 0 Å². The van der Waals surface area contributed by atoms with Gasteiger partial charge in [0.15, 0.2) is 0 Å². The lowest BCUT2D eigenvalue weighted by Gasteiger charge is -2.35. The maximum Gasteiger partial charge on any atom is 0.314 e. The maximum atomic E-state index is 11.7. The molecule has 0 aromatic carbocycles. The fourth-order valence-corrected chi connectivity index (χ4v) is 2.86. The number of carbonyl (C=O) groups excluding carboxylic acids is 1. The molecule has 1 aliphatic heterocycles. The monoisotopic (exact) mass is 299 g/mol. The van der Waals surface area contributed by atoms with Gasteiger partial charge in [-0.1, -0.05) is 33.6 Å². The van der Waals surface area contributed by atoms with Gasteiger partial charge >= 0.3 is 6.03 Å². The van der Waals surface area contributed by atoms with Crippen LogP contribution in [0, 0.1) is 5.92 Å². The molecule has 3 unspecified atom stereocenters. The van der Waals surface area contributed by atoms with E-state index in [9.17, 15) is 9.90 Å². The number of piperidine rings is 1. The van der Waals surface area contributed by atoms with E-state index in [1.807, 2.05) is 13.8 Å². The molecule has 5 nitrogen and oxygen atoms in total. The van der Waals surface area contributed by atoms with Gasteiger partial charge in [-0.15, -0.1) is 0 Å². The number of hydrogen-bond acceptors (Lipinski definition) is 3. The molecule has 0 aliphatic carbocycles. The van der Waals surface area contributed by atoms with E-state index in [4.69, 9.17) is 0 Å². The number of amides is 2. The Hall–Kier alpha value is -0.810. The molecule has 21 heavy (non-hydrogen) atoms. The van der Waals surface area contributed by atoms with Crippen molar-refractivity contribution < 1.29 is 9.90 Å². The average Bonchev–Trinajstić information content (AvgIpc) is 2.52. The summed E-state index contributed by atoms with van der Waals surface area (Å²) in [5, 5.41) is 15.4. The molecule has 2 amide bonds. The highest BCUT2D eigenvalue weighted by Crippen LogP contribution is 2.18. The van der Waals surface area contributed by atoms with Crippen LogP contribution in [0.4, 0.5) is 4.79 Å². The largest absolute Gasteiger partial charge is 0.391 e. The van der Waals surface area contributed by atoms with Gasteiger partial charge in [-0.3, -0.25) is 4.90 Å². The third-order valence-electron chi connectivity index (χ3n) is 4.68. The Morgan fingerprint density at radius 2 is 2.10 bits per heavy atom. The third kappa shape index (κ3) is 6.66. The Morgan fingerprint density at radius 3 is 2.76 bits per heavy atom. The fourth-order valence-electron chi connectivity index (χ4n) is 2.86. The molecule has 3 N–H and O–H groups in total. The number of rotatable bonds is 8. The first-order valence-electron chi connectivity index (χ1n) is 8.52. The van der Waals surface area contributed by atoms with Gasteiger partial charge in [-0.05, 0) is 31.7 Å². The van der Waals surface area contributed by atoms with Crippen LogP contribution in [0.2, 0.25) is 0 Å². The highest BCUT2D eigenvalue weighted by molar-refractivity contribution is 5.73. The van der Waals surface area contributed by atoms with Crippen LogP contribution in [-0.4, -0.2) is 54.4 Å². The van der Waals surface area contributed by atoms with Crippen LogP contribution in [0.5, 0.6) is 0 Å². The van der Waals surface area contributed by atoms with E-state index in [1.165, 1.54) is 25.7 Å². The minimum Gasteiger partial charge on any atom is -0.391 e. The molecule has 0 saturated carbocycles. The highest BCUT2D eigenvalue weighted by Gasteiger charge is 2.20. The molecule has 1 fully saturated rings. The first kappa shape index (κ1) is 18.2. The number of urea groups is 1. The van der Waals surface area contributed by atoms with Crippen LogP contribution in [-0.2, 0) is 0 Å². The van der Waals surface area contributed by atoms with Crippen LogP contribution in [0.25, 0.3) is 0 Å². The zero-order valence-corrected chi connectivity index (χ0v) is 13.9. The number of aliphatic hydroxyl groups is 1. The first-order valence-corrected chi connectivity index (χ1v) is 8.52. The Balaban J connectivity index is 2.15. The van der Waals surface area contributed by atoms with E-state index in [0.717, 1.165) is 19.5 Å². The van der Waals surface area contributed by atoms with E-state index in [2.05, 4.69) is 22.5 Å². The molecule has 3 atom stereocenters. The van der Waals surface area contributed by atoms with Gasteiger partial charge in [-0.2, -0.15) is 0 Å². The van der Waals surface area contributed by atoms with Crippen molar-refractivity contribution in [3.05, 3.63) is 0 Å². The van der Waals surface area contributed by atoms with Crippen LogP contribution < -0.4 is 10.6 Å². The smallest absolute Gasteiger partial charge is 0.314 e. The third-order valence-corrected chi connectivity index (χ3v) is 4.68. The van der Waals surface area contributed by atoms with E-state index < -0.39 is 6.10 Å². The zero-order valence-electron chi connectivity index (χ0n) is 13.9. The number of carbonyl (C=O) groups is 1. The molecule has 0 radical (unpaired) electrons. The summed E-state index contributed by atoms with van der Waals surface area (Å²) in [4.78, 5) is 14.2. The van der Waals surface area contributed by atoms with Crippen molar-refractivity contribution in [3.63, 3.8) is 0 Å². The summed E-state index contributed by atoms with van der Waals surface area (Å²) in [5.41, 5.74) is 0. The number of hydrogen-bond donors (Lipinski definition) is 3. The van der Waals surface area contributed by atoms with E-state index in [0.29, 0.717) is 19.1 Å². The van der Waals surface area contributed by atoms with E-state index in [1.54, 1.807) is 0 Å². The second-order valence-corrected chi connectivity index (χ2v) is 6.18. The predicted molar refractivity (Wildman–Crippen MR) is 86.4 cm³/mol. The molecule has 0 aromatic rings. The van der Waals surface area contributed by atoms with Gasteiger partial charge in [0, 0.05) is 25.7 Å². The van der Waals surface area contributed by atoms with Crippen molar-refractivity contribution >= 4 is 6.03 Å². The van der Waals surface area contributed by atoms with Gasteiger partial charge in [0.05, 0.1) is 6.10 Å². The number of nitrogens with zero attached hydrogens (tertiary/aromatic N) is 1. The van der Waals surface area contributed by atoms with Crippen molar-refractivity contribution in [1.82, 2.24) is 15.5 Å². The fraction of sp³-hybridized carbons (Fsp3) is 0.938. The van der Waals surface area contributed by atoms with Gasteiger partial charge < -0.3 is 15.7 Å². The molecule has 0 bridgehead atoms. The Kier molecular flexibility index (Phi) is 8.69. The average molecular weight is 299 g/mol. The summed E-state index contributed by atoms with van der Waals surface area (Å²) in [5.74, 6) is 0.212. The van der Waals surface area contributed by atoms with E-state index >= 15 is 0 Å². The SMILES string of the molecule is CCC(C)C(O)CNC(=O)NCCN1CCCCC1CC. The van der Waals surface area contributed by atoms with Gasteiger partial charge in [0.1, 0.15) is 0 Å². The summed E-state index contributed by atoms with van der Waals surface area (Å²) in [7, 11) is 0. The summed E-state index contributed by atoms with van der Waals surface area (Å²) in [6.07, 6.45) is 5.52. The van der Waals surface area contributed by atoms with Gasteiger partial charge in [-0.25, -0.2) is 4.79 Å². The Morgan fingerprint density at radius 1 is 1.33 bits per heavy atom. The van der Waals surface area contributed by atoms with E-state index in [-0.39, 0.29) is 11.9 Å². The second-order valence-electron chi connectivity index (χ2n) is 6.18. The maximum absolute atomic E-state index is 11.7. The quantitative estimate of drug-likeness (QED) is 0.642. The summed E-state index contributed by atoms with van der Waals surface area (Å²) >= 11 is 0. The molecule has 5 heteroatoms. The zero-order chi connectivity index (χ0) is 15.7. The molecular formula is C16H33N3O2. The topological polar surface area (TPSA) is 64.6 Å². The lowest BCUT2D eigenvalue weighted by atomic mass is 10.0. The van der Waals surface area contributed by atoms with Crippen molar-refractivity contribution in [1.29, 1.82) is 0 Å². The van der Waals surface area contributed by atoms with Crippen LogP contribution in [0.15, 0.2) is 0 Å². The van der Waals surface area contributed by atoms with Crippen molar-refractivity contribution in [2.24, 2.45) is 5.92 Å². The lowest BCUT2D eigenvalue weighted by molar-refractivity contribution is 0.114. The number of aliphatic hydroxyl groups excluding tert-OH is 1. The number of nitrogens with one attached hydrogen (secondary N) is 2. The molecule has 0 aromatic heterocycles. The second kappa shape index (κ2) is 10.0. The minimum atomic E-state index is -0.465. The normalized spacial score (nSPS) is 22.6. The molecule has 1 rings (SSSR count). The standard InChI is InChI=1S/C16H33N3O2/c1-4-13(3)15(20)12-18-16(21)17-9-11-19-10-7-6-8-14(19)5-2/h13-15,20H,4-12H2,1-3H3,(H2,17,18,21).